The van der Waals surface area contributed by atoms with Crippen LogP contribution in [0.1, 0.15) is 6.92 Å². The van der Waals surface area contributed by atoms with Crippen molar-refractivity contribution in [2.24, 2.45) is 5.92 Å². The minimum atomic E-state index is -0.852. The van der Waals surface area contributed by atoms with E-state index >= 15 is 0 Å². The molecule has 0 aromatic carbocycles. The van der Waals surface area contributed by atoms with Crippen LogP contribution in [-0.2, 0) is 10.3 Å². The van der Waals surface area contributed by atoms with Gasteiger partial charge in [0.2, 0.25) is 0 Å². The van der Waals surface area contributed by atoms with Crippen molar-refractivity contribution in [3.05, 3.63) is 41.2 Å². The van der Waals surface area contributed by atoms with E-state index in [1.807, 2.05) is 19.1 Å². The molecule has 1 aliphatic rings. The van der Waals surface area contributed by atoms with E-state index in [0.717, 1.165) is 4.47 Å². The standard InChI is InChI=1S/C11H11BrN2O2/c1-11(14-7-8(12)6-13-14)5-3-2-4-9(11)10(15)16/h2-7,9H,1H3,(H,15,16). The Morgan fingerprint density at radius 2 is 2.38 bits per heavy atom. The van der Waals surface area contributed by atoms with Crippen molar-refractivity contribution in [3.63, 3.8) is 0 Å². The number of nitrogens with zero attached hydrogens (tertiary/aromatic N) is 2. The van der Waals surface area contributed by atoms with E-state index in [9.17, 15) is 9.90 Å². The first-order chi connectivity index (χ1) is 7.54. The van der Waals surface area contributed by atoms with Crippen LogP contribution in [0.5, 0.6) is 0 Å². The molecule has 1 aromatic heterocycles. The van der Waals surface area contributed by atoms with Crippen LogP contribution < -0.4 is 0 Å². The highest BCUT2D eigenvalue weighted by Gasteiger charge is 2.39. The first-order valence-corrected chi connectivity index (χ1v) is 5.63. The van der Waals surface area contributed by atoms with Gasteiger partial charge in [0.15, 0.2) is 0 Å². The lowest BCUT2D eigenvalue weighted by Crippen LogP contribution is -2.41. The SMILES string of the molecule is CC1(n2cc(Br)cn2)C=CC=CC1C(=O)O. The minimum absolute atomic E-state index is 0.607. The van der Waals surface area contributed by atoms with Crippen LogP contribution in [0.3, 0.4) is 0 Å². The summed E-state index contributed by atoms with van der Waals surface area (Å²) in [5, 5.41) is 13.4. The number of hydrogen-bond acceptors (Lipinski definition) is 2. The number of rotatable bonds is 2. The summed E-state index contributed by atoms with van der Waals surface area (Å²) in [5.74, 6) is -1.46. The number of aromatic nitrogens is 2. The lowest BCUT2D eigenvalue weighted by atomic mass is 9.82. The van der Waals surface area contributed by atoms with Crippen molar-refractivity contribution in [2.45, 2.75) is 12.5 Å². The molecule has 0 amide bonds. The van der Waals surface area contributed by atoms with E-state index in [-0.39, 0.29) is 0 Å². The van der Waals surface area contributed by atoms with Crippen molar-refractivity contribution >= 4 is 21.9 Å². The molecule has 2 atom stereocenters. The number of hydrogen-bond donors (Lipinski definition) is 1. The van der Waals surface area contributed by atoms with Crippen molar-refractivity contribution in [1.29, 1.82) is 0 Å². The van der Waals surface area contributed by atoms with Gasteiger partial charge in [0.1, 0.15) is 5.92 Å². The molecule has 84 valence electrons. The summed E-state index contributed by atoms with van der Waals surface area (Å²) in [7, 11) is 0. The molecule has 0 aliphatic heterocycles. The molecule has 1 aliphatic carbocycles. The first-order valence-electron chi connectivity index (χ1n) is 4.83. The maximum atomic E-state index is 11.2. The average Bonchev–Trinajstić information content (AvgIpc) is 2.65. The molecule has 0 fully saturated rings. The molecule has 0 spiro atoms. The van der Waals surface area contributed by atoms with Crippen LogP contribution in [0.15, 0.2) is 41.2 Å². The van der Waals surface area contributed by atoms with Gasteiger partial charge < -0.3 is 5.11 Å². The van der Waals surface area contributed by atoms with E-state index in [1.165, 1.54) is 0 Å². The van der Waals surface area contributed by atoms with Crippen molar-refractivity contribution in [1.82, 2.24) is 9.78 Å². The Morgan fingerprint density at radius 1 is 1.62 bits per heavy atom. The Morgan fingerprint density at radius 3 is 2.94 bits per heavy atom. The Labute approximate surface area is 101 Å². The summed E-state index contributed by atoms with van der Waals surface area (Å²) >= 11 is 3.31. The Balaban J connectivity index is 2.46. The molecule has 1 heterocycles. The molecule has 0 saturated heterocycles. The fourth-order valence-corrected chi connectivity index (χ4v) is 2.13. The molecule has 2 rings (SSSR count). The second-order valence-corrected chi connectivity index (χ2v) is 4.80. The molecular weight excluding hydrogens is 272 g/mol. The molecular formula is C11H11BrN2O2. The molecule has 0 radical (unpaired) electrons. The zero-order chi connectivity index (χ0) is 11.8. The van der Waals surface area contributed by atoms with Gasteiger partial charge in [-0.2, -0.15) is 5.10 Å². The van der Waals surface area contributed by atoms with Crippen LogP contribution in [0.25, 0.3) is 0 Å². The highest BCUT2D eigenvalue weighted by Crippen LogP contribution is 2.32. The van der Waals surface area contributed by atoms with Crippen molar-refractivity contribution in [2.75, 3.05) is 0 Å². The van der Waals surface area contributed by atoms with E-state index in [2.05, 4.69) is 21.0 Å². The largest absolute Gasteiger partial charge is 0.481 e. The van der Waals surface area contributed by atoms with E-state index in [1.54, 1.807) is 29.2 Å². The van der Waals surface area contributed by atoms with Gasteiger partial charge in [0.25, 0.3) is 0 Å². The van der Waals surface area contributed by atoms with Gasteiger partial charge in [-0.05, 0) is 22.9 Å². The monoisotopic (exact) mass is 282 g/mol. The van der Waals surface area contributed by atoms with Gasteiger partial charge in [0.05, 0.1) is 16.2 Å². The normalized spacial score (nSPS) is 28.2. The maximum absolute atomic E-state index is 11.2. The number of halogens is 1. The highest BCUT2D eigenvalue weighted by molar-refractivity contribution is 9.10. The molecule has 2 unspecified atom stereocenters. The second kappa shape index (κ2) is 3.90. The average molecular weight is 283 g/mol. The summed E-state index contributed by atoms with van der Waals surface area (Å²) in [6.45, 7) is 1.85. The van der Waals surface area contributed by atoms with Crippen LogP contribution >= 0.6 is 15.9 Å². The molecule has 1 N–H and O–H groups in total. The van der Waals surface area contributed by atoms with Crippen molar-refractivity contribution < 1.29 is 9.90 Å². The minimum Gasteiger partial charge on any atom is -0.481 e. The van der Waals surface area contributed by atoms with Gasteiger partial charge in [0, 0.05) is 6.20 Å². The molecule has 5 heteroatoms. The fraction of sp³-hybridized carbons (Fsp3) is 0.273. The number of carboxylic acid groups (broad SMARTS) is 1. The topological polar surface area (TPSA) is 55.1 Å². The maximum Gasteiger partial charge on any atom is 0.313 e. The summed E-state index contributed by atoms with van der Waals surface area (Å²) in [5.41, 5.74) is -0.660. The highest BCUT2D eigenvalue weighted by atomic mass is 79.9. The zero-order valence-electron chi connectivity index (χ0n) is 8.67. The van der Waals surface area contributed by atoms with Crippen LogP contribution in [0.2, 0.25) is 0 Å². The number of allylic oxidation sites excluding steroid dienone is 3. The Kier molecular flexibility index (Phi) is 2.71. The first kappa shape index (κ1) is 11.1. The number of carbonyl (C=O) groups is 1. The second-order valence-electron chi connectivity index (χ2n) is 3.89. The lowest BCUT2D eigenvalue weighted by molar-refractivity contribution is -0.142. The fourth-order valence-electron chi connectivity index (χ4n) is 1.84. The van der Waals surface area contributed by atoms with E-state index in [4.69, 9.17) is 0 Å². The quantitative estimate of drug-likeness (QED) is 0.905. The predicted octanol–water partition coefficient (Wildman–Crippen LogP) is 2.19. The number of aliphatic carboxylic acids is 1. The van der Waals surface area contributed by atoms with Gasteiger partial charge in [-0.3, -0.25) is 9.48 Å². The third-order valence-corrected chi connectivity index (χ3v) is 3.20. The van der Waals surface area contributed by atoms with Gasteiger partial charge in [-0.1, -0.05) is 24.3 Å². The summed E-state index contributed by atoms with van der Waals surface area (Å²) in [6, 6.07) is 0. The third-order valence-electron chi connectivity index (χ3n) is 2.79. The predicted molar refractivity (Wildman–Crippen MR) is 63.0 cm³/mol. The van der Waals surface area contributed by atoms with Crippen LogP contribution in [0.4, 0.5) is 0 Å². The molecule has 1 aromatic rings. The Bertz CT molecular complexity index is 478. The molecule has 0 saturated carbocycles. The smallest absolute Gasteiger partial charge is 0.313 e. The van der Waals surface area contributed by atoms with Crippen molar-refractivity contribution in [3.8, 4) is 0 Å². The van der Waals surface area contributed by atoms with Crippen LogP contribution in [-0.4, -0.2) is 20.9 Å². The molecule has 0 bridgehead atoms. The number of carboxylic acids is 1. The van der Waals surface area contributed by atoms with Gasteiger partial charge >= 0.3 is 5.97 Å². The summed E-state index contributed by atoms with van der Waals surface area (Å²) in [6.07, 6.45) is 10.5. The Hall–Kier alpha value is -1.36. The molecule has 16 heavy (non-hydrogen) atoms. The lowest BCUT2D eigenvalue weighted by Gasteiger charge is -2.32. The summed E-state index contributed by atoms with van der Waals surface area (Å²) < 4.78 is 2.50. The molecule has 4 nitrogen and oxygen atoms in total. The van der Waals surface area contributed by atoms with E-state index < -0.39 is 17.4 Å². The zero-order valence-corrected chi connectivity index (χ0v) is 10.3. The third kappa shape index (κ3) is 1.71. The van der Waals surface area contributed by atoms with Gasteiger partial charge in [-0.25, -0.2) is 0 Å². The van der Waals surface area contributed by atoms with Gasteiger partial charge in [-0.15, -0.1) is 0 Å². The van der Waals surface area contributed by atoms with E-state index in [0.29, 0.717) is 0 Å². The van der Waals surface area contributed by atoms with Crippen LogP contribution in [0, 0.1) is 5.92 Å². The summed E-state index contributed by atoms with van der Waals surface area (Å²) in [4.78, 5) is 11.2.